The summed E-state index contributed by atoms with van der Waals surface area (Å²) in [5.74, 6) is 0.272. The first-order valence-corrected chi connectivity index (χ1v) is 6.91. The van der Waals surface area contributed by atoms with Gasteiger partial charge in [0.15, 0.2) is 0 Å². The third-order valence-corrected chi connectivity index (χ3v) is 2.70. The Kier molecular flexibility index (Phi) is 6.68. The third-order valence-electron chi connectivity index (χ3n) is 2.70. The molecule has 0 radical (unpaired) electrons. The van der Waals surface area contributed by atoms with Crippen molar-refractivity contribution in [1.29, 1.82) is 0 Å². The summed E-state index contributed by atoms with van der Waals surface area (Å²) in [6.45, 7) is 6.09. The van der Waals surface area contributed by atoms with Gasteiger partial charge in [-0.05, 0) is 18.2 Å². The molecule has 0 heterocycles. The van der Waals surface area contributed by atoms with Crippen LogP contribution in [-0.2, 0) is 9.59 Å². The normalized spacial score (nSPS) is 10.3. The third kappa shape index (κ3) is 6.27. The monoisotopic (exact) mass is 293 g/mol. The van der Waals surface area contributed by atoms with Gasteiger partial charge in [-0.25, -0.2) is 0 Å². The topological polar surface area (TPSA) is 79.5 Å². The summed E-state index contributed by atoms with van der Waals surface area (Å²) in [5, 5.41) is 8.64. The number of hydrogen-bond donors (Lipinski definition) is 3. The number of nitrogens with one attached hydrogen (secondary N) is 3. The van der Waals surface area contributed by atoms with Gasteiger partial charge in [0, 0.05) is 31.6 Å². The van der Waals surface area contributed by atoms with E-state index in [1.165, 1.54) is 14.0 Å². The van der Waals surface area contributed by atoms with E-state index in [0.717, 1.165) is 0 Å². The standard InChI is InChI=1S/C15H23N3O3/c1-10(2)16-8-7-15(20)18-13-9-12(17-11(3)19)5-6-14(13)21-4/h5-6,9-10,16H,7-8H2,1-4H3,(H,17,19)(H,18,20). The molecule has 116 valence electrons. The van der Waals surface area contributed by atoms with Gasteiger partial charge >= 0.3 is 0 Å². The highest BCUT2D eigenvalue weighted by Gasteiger charge is 2.09. The van der Waals surface area contributed by atoms with Gasteiger partial charge in [0.25, 0.3) is 0 Å². The molecule has 0 spiro atoms. The highest BCUT2D eigenvalue weighted by atomic mass is 16.5. The number of benzene rings is 1. The minimum Gasteiger partial charge on any atom is -0.495 e. The van der Waals surface area contributed by atoms with E-state index in [0.29, 0.717) is 36.1 Å². The second-order valence-electron chi connectivity index (χ2n) is 5.00. The fourth-order valence-electron chi connectivity index (χ4n) is 1.77. The van der Waals surface area contributed by atoms with Crippen molar-refractivity contribution in [3.63, 3.8) is 0 Å². The molecule has 0 saturated heterocycles. The Hall–Kier alpha value is -2.08. The maximum absolute atomic E-state index is 11.9. The fraction of sp³-hybridized carbons (Fsp3) is 0.467. The van der Waals surface area contributed by atoms with E-state index in [4.69, 9.17) is 4.74 Å². The van der Waals surface area contributed by atoms with Crippen LogP contribution in [0.15, 0.2) is 18.2 Å². The summed E-state index contributed by atoms with van der Waals surface area (Å²) in [4.78, 5) is 23.0. The van der Waals surface area contributed by atoms with Crippen molar-refractivity contribution >= 4 is 23.2 Å². The van der Waals surface area contributed by atoms with Crippen LogP contribution in [0, 0.1) is 0 Å². The zero-order valence-electron chi connectivity index (χ0n) is 12.9. The van der Waals surface area contributed by atoms with Crippen molar-refractivity contribution in [3.8, 4) is 5.75 Å². The summed E-state index contributed by atoms with van der Waals surface area (Å²) in [6.07, 6.45) is 0.367. The SMILES string of the molecule is COc1ccc(NC(C)=O)cc1NC(=O)CCNC(C)C. The van der Waals surface area contributed by atoms with Crippen LogP contribution in [0.25, 0.3) is 0 Å². The van der Waals surface area contributed by atoms with Gasteiger partial charge < -0.3 is 20.7 Å². The Balaban J connectivity index is 2.70. The van der Waals surface area contributed by atoms with Gasteiger partial charge in [-0.1, -0.05) is 13.8 Å². The molecule has 0 aliphatic rings. The average molecular weight is 293 g/mol. The summed E-state index contributed by atoms with van der Waals surface area (Å²) < 4.78 is 5.21. The molecule has 6 heteroatoms. The number of carbonyl (C=O) groups is 2. The maximum Gasteiger partial charge on any atom is 0.225 e. The first kappa shape index (κ1) is 17.0. The average Bonchev–Trinajstić information content (AvgIpc) is 2.37. The summed E-state index contributed by atoms with van der Waals surface area (Å²) in [5.41, 5.74) is 1.15. The molecule has 0 unspecified atom stereocenters. The smallest absolute Gasteiger partial charge is 0.225 e. The molecular formula is C15H23N3O3. The van der Waals surface area contributed by atoms with Crippen LogP contribution in [0.5, 0.6) is 5.75 Å². The van der Waals surface area contributed by atoms with Gasteiger partial charge in [-0.15, -0.1) is 0 Å². The molecular weight excluding hydrogens is 270 g/mol. The van der Waals surface area contributed by atoms with Crippen molar-refractivity contribution in [2.24, 2.45) is 0 Å². The second-order valence-corrected chi connectivity index (χ2v) is 5.00. The zero-order valence-corrected chi connectivity index (χ0v) is 12.9. The molecule has 1 aromatic rings. The van der Waals surface area contributed by atoms with E-state index >= 15 is 0 Å². The first-order chi connectivity index (χ1) is 9.92. The van der Waals surface area contributed by atoms with Crippen molar-refractivity contribution in [2.45, 2.75) is 33.2 Å². The van der Waals surface area contributed by atoms with Crippen molar-refractivity contribution in [1.82, 2.24) is 5.32 Å². The number of methoxy groups -OCH3 is 1. The maximum atomic E-state index is 11.9. The van der Waals surface area contributed by atoms with Gasteiger partial charge in [0.1, 0.15) is 5.75 Å². The lowest BCUT2D eigenvalue weighted by atomic mass is 10.2. The zero-order chi connectivity index (χ0) is 15.8. The predicted octanol–water partition coefficient (Wildman–Crippen LogP) is 1.98. The second kappa shape index (κ2) is 8.26. The molecule has 2 amide bonds. The molecule has 0 aliphatic carbocycles. The lowest BCUT2D eigenvalue weighted by Gasteiger charge is -2.13. The summed E-state index contributed by atoms with van der Waals surface area (Å²) in [6, 6.07) is 5.44. The van der Waals surface area contributed by atoms with Gasteiger partial charge in [0.2, 0.25) is 11.8 Å². The number of anilines is 2. The Morgan fingerprint density at radius 1 is 1.24 bits per heavy atom. The van der Waals surface area contributed by atoms with Gasteiger partial charge in [0.05, 0.1) is 12.8 Å². The van der Waals surface area contributed by atoms with Crippen LogP contribution in [0.1, 0.15) is 27.2 Å². The summed E-state index contributed by atoms with van der Waals surface area (Å²) in [7, 11) is 1.53. The molecule has 3 N–H and O–H groups in total. The largest absolute Gasteiger partial charge is 0.495 e. The molecule has 0 aliphatic heterocycles. The van der Waals surface area contributed by atoms with E-state index in [1.54, 1.807) is 18.2 Å². The van der Waals surface area contributed by atoms with Gasteiger partial charge in [-0.3, -0.25) is 9.59 Å². The number of ether oxygens (including phenoxy) is 1. The fourth-order valence-corrected chi connectivity index (χ4v) is 1.77. The van der Waals surface area contributed by atoms with Crippen LogP contribution in [-0.4, -0.2) is 31.5 Å². The molecule has 6 nitrogen and oxygen atoms in total. The first-order valence-electron chi connectivity index (χ1n) is 6.91. The van der Waals surface area contributed by atoms with E-state index in [9.17, 15) is 9.59 Å². The van der Waals surface area contributed by atoms with Crippen LogP contribution in [0.4, 0.5) is 11.4 Å². The van der Waals surface area contributed by atoms with Crippen LogP contribution < -0.4 is 20.7 Å². The van der Waals surface area contributed by atoms with Crippen molar-refractivity contribution < 1.29 is 14.3 Å². The molecule has 21 heavy (non-hydrogen) atoms. The minimum atomic E-state index is -0.168. The summed E-state index contributed by atoms with van der Waals surface area (Å²) >= 11 is 0. The minimum absolute atomic E-state index is 0.110. The Morgan fingerprint density at radius 3 is 2.52 bits per heavy atom. The van der Waals surface area contributed by atoms with Crippen molar-refractivity contribution in [2.75, 3.05) is 24.3 Å². The quantitative estimate of drug-likeness (QED) is 0.718. The predicted molar refractivity (Wildman–Crippen MR) is 83.7 cm³/mol. The van der Waals surface area contributed by atoms with E-state index in [-0.39, 0.29) is 11.8 Å². The molecule has 0 fully saturated rings. The molecule has 0 aromatic heterocycles. The van der Waals surface area contributed by atoms with E-state index in [1.807, 2.05) is 13.8 Å². The highest BCUT2D eigenvalue weighted by molar-refractivity contribution is 5.95. The Labute approximate surface area is 125 Å². The Bertz CT molecular complexity index is 501. The van der Waals surface area contributed by atoms with Crippen LogP contribution >= 0.6 is 0 Å². The van der Waals surface area contributed by atoms with Crippen LogP contribution in [0.3, 0.4) is 0 Å². The highest BCUT2D eigenvalue weighted by Crippen LogP contribution is 2.27. The van der Waals surface area contributed by atoms with Crippen molar-refractivity contribution in [3.05, 3.63) is 18.2 Å². The Morgan fingerprint density at radius 2 is 1.95 bits per heavy atom. The number of rotatable bonds is 7. The number of amides is 2. The van der Waals surface area contributed by atoms with E-state index < -0.39 is 0 Å². The molecule has 1 aromatic carbocycles. The number of hydrogen-bond acceptors (Lipinski definition) is 4. The lowest BCUT2D eigenvalue weighted by Crippen LogP contribution is -2.27. The van der Waals surface area contributed by atoms with Crippen LogP contribution in [0.2, 0.25) is 0 Å². The molecule has 0 saturated carbocycles. The molecule has 0 atom stereocenters. The molecule has 0 bridgehead atoms. The number of carbonyl (C=O) groups excluding carboxylic acids is 2. The van der Waals surface area contributed by atoms with E-state index in [2.05, 4.69) is 16.0 Å². The molecule has 1 rings (SSSR count). The van der Waals surface area contributed by atoms with Gasteiger partial charge in [-0.2, -0.15) is 0 Å². The lowest BCUT2D eigenvalue weighted by molar-refractivity contribution is -0.116.